The molecule has 1 atom stereocenters. The van der Waals surface area contributed by atoms with Gasteiger partial charge in [-0.05, 0) is 44.4 Å². The van der Waals surface area contributed by atoms with Crippen molar-refractivity contribution in [3.63, 3.8) is 0 Å². The highest BCUT2D eigenvalue weighted by Crippen LogP contribution is 2.26. The lowest BCUT2D eigenvalue weighted by atomic mass is 10.0. The Bertz CT molecular complexity index is 1060. The van der Waals surface area contributed by atoms with E-state index in [-0.39, 0.29) is 11.7 Å². The first-order chi connectivity index (χ1) is 15.9. The Balaban J connectivity index is 1.73. The quantitative estimate of drug-likeness (QED) is 0.469. The Morgan fingerprint density at radius 1 is 1.21 bits per heavy atom. The van der Waals surface area contributed by atoms with Gasteiger partial charge in [0, 0.05) is 32.1 Å². The molecule has 1 aliphatic heterocycles. The zero-order valence-corrected chi connectivity index (χ0v) is 20.1. The molecule has 33 heavy (non-hydrogen) atoms. The molecule has 1 unspecified atom stereocenters. The Kier molecular flexibility index (Phi) is 7.92. The lowest BCUT2D eigenvalue weighted by Gasteiger charge is -2.41. The lowest BCUT2D eigenvalue weighted by molar-refractivity contribution is 0.0593. The van der Waals surface area contributed by atoms with Gasteiger partial charge in [0.2, 0.25) is 0 Å². The third kappa shape index (κ3) is 5.45. The van der Waals surface area contributed by atoms with E-state index < -0.39 is 5.97 Å². The number of carbonyl (C=O) groups is 1. The number of rotatable bonds is 7. The van der Waals surface area contributed by atoms with Gasteiger partial charge < -0.3 is 14.5 Å². The van der Waals surface area contributed by atoms with Crippen molar-refractivity contribution in [1.82, 2.24) is 20.2 Å². The van der Waals surface area contributed by atoms with E-state index in [1.165, 1.54) is 13.3 Å². The van der Waals surface area contributed by atoms with Gasteiger partial charge in [-0.3, -0.25) is 0 Å². The molecule has 2 aromatic heterocycles. The molecule has 0 bridgehead atoms. The van der Waals surface area contributed by atoms with Gasteiger partial charge in [0.1, 0.15) is 5.82 Å². The number of nitrogens with zero attached hydrogens (tertiary/aromatic N) is 6. The van der Waals surface area contributed by atoms with Gasteiger partial charge in [0.15, 0.2) is 11.5 Å². The molecule has 0 N–H and O–H groups in total. The Morgan fingerprint density at radius 2 is 2.00 bits per heavy atom. The average molecular weight is 449 g/mol. The van der Waals surface area contributed by atoms with Crippen LogP contribution in [-0.4, -0.2) is 58.9 Å². The monoisotopic (exact) mass is 448 g/mol. The highest BCUT2D eigenvalue weighted by Gasteiger charge is 2.27. The fourth-order valence-corrected chi connectivity index (χ4v) is 3.89. The van der Waals surface area contributed by atoms with Crippen LogP contribution in [0.2, 0.25) is 0 Å². The summed E-state index contributed by atoms with van der Waals surface area (Å²) in [5.74, 6) is 1.18. The molecule has 0 radical (unpaired) electrons. The molecule has 8 nitrogen and oxygen atoms in total. The van der Waals surface area contributed by atoms with Crippen LogP contribution in [0.3, 0.4) is 0 Å². The molecule has 0 saturated carbocycles. The Hall–Kier alpha value is -3.55. The van der Waals surface area contributed by atoms with Crippen LogP contribution in [0, 0.1) is 13.8 Å². The standard InChI is InChI=1S/C25H32N6O2/c1-7-9-10-20(8-2)13-21-18(4)19(5)24(29-28-21)30-11-12-31(17(3)16-30)23-15-26-22(14-27-23)25(32)33-6/h7-10,14-15,17H,2,11-13,16H2,1,3-6H3/b9-7-,20-10+. The number of anilines is 2. The fourth-order valence-electron chi connectivity index (χ4n) is 3.89. The van der Waals surface area contributed by atoms with Crippen LogP contribution < -0.4 is 9.80 Å². The first-order valence-corrected chi connectivity index (χ1v) is 11.1. The molecule has 0 amide bonds. The van der Waals surface area contributed by atoms with E-state index >= 15 is 0 Å². The summed E-state index contributed by atoms with van der Waals surface area (Å²) in [6, 6.07) is 0.189. The number of esters is 1. The van der Waals surface area contributed by atoms with Crippen LogP contribution in [-0.2, 0) is 11.2 Å². The highest BCUT2D eigenvalue weighted by molar-refractivity contribution is 5.86. The van der Waals surface area contributed by atoms with Crippen molar-refractivity contribution in [2.24, 2.45) is 0 Å². The first-order valence-electron chi connectivity index (χ1n) is 11.1. The van der Waals surface area contributed by atoms with E-state index in [4.69, 9.17) is 4.74 Å². The van der Waals surface area contributed by atoms with Crippen molar-refractivity contribution in [1.29, 1.82) is 0 Å². The van der Waals surface area contributed by atoms with E-state index in [1.807, 2.05) is 25.2 Å². The number of hydrogen-bond donors (Lipinski definition) is 0. The van der Waals surface area contributed by atoms with E-state index in [0.29, 0.717) is 6.42 Å². The third-order valence-corrected chi connectivity index (χ3v) is 5.99. The predicted molar refractivity (Wildman–Crippen MR) is 131 cm³/mol. The second-order valence-electron chi connectivity index (χ2n) is 8.11. The van der Waals surface area contributed by atoms with E-state index in [9.17, 15) is 4.79 Å². The van der Waals surface area contributed by atoms with Gasteiger partial charge in [-0.25, -0.2) is 14.8 Å². The minimum Gasteiger partial charge on any atom is -0.464 e. The minimum absolute atomic E-state index is 0.189. The fraction of sp³-hybridized carbons (Fsp3) is 0.400. The van der Waals surface area contributed by atoms with Crippen LogP contribution in [0.25, 0.3) is 0 Å². The molecule has 1 aliphatic rings. The van der Waals surface area contributed by atoms with Crippen LogP contribution in [0.15, 0.2) is 48.8 Å². The zero-order chi connectivity index (χ0) is 24.0. The first kappa shape index (κ1) is 24.1. The second kappa shape index (κ2) is 10.8. The van der Waals surface area contributed by atoms with Crippen molar-refractivity contribution >= 4 is 17.6 Å². The third-order valence-electron chi connectivity index (χ3n) is 5.99. The largest absolute Gasteiger partial charge is 0.464 e. The van der Waals surface area contributed by atoms with Gasteiger partial charge in [0.25, 0.3) is 0 Å². The van der Waals surface area contributed by atoms with Gasteiger partial charge in [0.05, 0.1) is 25.2 Å². The summed E-state index contributed by atoms with van der Waals surface area (Å²) in [4.78, 5) is 24.7. The molecule has 2 aromatic rings. The van der Waals surface area contributed by atoms with Gasteiger partial charge in [-0.15, -0.1) is 5.10 Å². The van der Waals surface area contributed by atoms with Crippen LogP contribution in [0.5, 0.6) is 0 Å². The molecular formula is C25H32N6O2. The summed E-state index contributed by atoms with van der Waals surface area (Å²) in [5.41, 5.74) is 4.60. The number of aromatic nitrogens is 4. The van der Waals surface area contributed by atoms with Crippen LogP contribution in [0.4, 0.5) is 11.6 Å². The normalized spacial score (nSPS) is 16.9. The minimum atomic E-state index is -0.489. The Morgan fingerprint density at radius 3 is 2.61 bits per heavy atom. The lowest BCUT2D eigenvalue weighted by Crippen LogP contribution is -2.53. The van der Waals surface area contributed by atoms with E-state index in [2.05, 4.69) is 63.4 Å². The molecule has 1 saturated heterocycles. The molecule has 0 spiro atoms. The molecule has 174 valence electrons. The van der Waals surface area contributed by atoms with Crippen molar-refractivity contribution in [3.05, 3.63) is 71.4 Å². The van der Waals surface area contributed by atoms with Crippen molar-refractivity contribution in [2.45, 2.75) is 40.2 Å². The second-order valence-corrected chi connectivity index (χ2v) is 8.11. The smallest absolute Gasteiger partial charge is 0.358 e. The summed E-state index contributed by atoms with van der Waals surface area (Å²) in [5, 5.41) is 9.16. The number of ether oxygens (including phenoxy) is 1. The molecule has 1 fully saturated rings. The molecule has 0 aliphatic carbocycles. The molecule has 8 heteroatoms. The average Bonchev–Trinajstić information content (AvgIpc) is 2.84. The van der Waals surface area contributed by atoms with E-state index in [1.54, 1.807) is 6.20 Å². The molecular weight excluding hydrogens is 416 g/mol. The van der Waals surface area contributed by atoms with Gasteiger partial charge >= 0.3 is 5.97 Å². The van der Waals surface area contributed by atoms with Gasteiger partial charge in [-0.2, -0.15) is 5.10 Å². The number of hydrogen-bond acceptors (Lipinski definition) is 8. The Labute approximate surface area is 195 Å². The maximum Gasteiger partial charge on any atom is 0.358 e. The zero-order valence-electron chi connectivity index (χ0n) is 20.1. The number of methoxy groups -OCH3 is 1. The summed E-state index contributed by atoms with van der Waals surface area (Å²) in [6.45, 7) is 14.6. The maximum atomic E-state index is 11.6. The summed E-state index contributed by atoms with van der Waals surface area (Å²) in [7, 11) is 1.33. The van der Waals surface area contributed by atoms with Crippen molar-refractivity contribution in [2.75, 3.05) is 36.5 Å². The molecule has 3 heterocycles. The molecule has 0 aromatic carbocycles. The topological polar surface area (TPSA) is 84.3 Å². The number of allylic oxidation sites excluding steroid dienone is 5. The summed E-state index contributed by atoms with van der Waals surface area (Å²) < 4.78 is 4.69. The summed E-state index contributed by atoms with van der Waals surface area (Å²) >= 11 is 0. The van der Waals surface area contributed by atoms with Crippen LogP contribution in [0.1, 0.15) is 41.2 Å². The molecule has 3 rings (SSSR count). The number of piperazine rings is 1. The van der Waals surface area contributed by atoms with E-state index in [0.717, 1.165) is 53.7 Å². The maximum absolute atomic E-state index is 11.6. The number of carbonyl (C=O) groups excluding carboxylic acids is 1. The van der Waals surface area contributed by atoms with Crippen molar-refractivity contribution < 1.29 is 9.53 Å². The highest BCUT2D eigenvalue weighted by atomic mass is 16.5. The SMILES string of the molecule is C=C/C(=C\C=C/C)Cc1nnc(N2CCN(c3cnc(C(=O)OC)cn3)C(C)C2)c(C)c1C. The summed E-state index contributed by atoms with van der Waals surface area (Å²) in [6.07, 6.45) is 11.7. The van der Waals surface area contributed by atoms with Gasteiger partial charge in [-0.1, -0.05) is 30.9 Å². The van der Waals surface area contributed by atoms with Crippen LogP contribution >= 0.6 is 0 Å². The predicted octanol–water partition coefficient (Wildman–Crippen LogP) is 3.62. The van der Waals surface area contributed by atoms with Crippen molar-refractivity contribution in [3.8, 4) is 0 Å².